The first-order valence-corrected chi connectivity index (χ1v) is 8.07. The first-order valence-electron chi connectivity index (χ1n) is 8.07. The molecule has 2 amide bonds. The van der Waals surface area contributed by atoms with Crippen molar-refractivity contribution in [3.63, 3.8) is 0 Å². The third kappa shape index (κ3) is 5.09. The number of carbonyl (C=O) groups is 1. The van der Waals surface area contributed by atoms with E-state index >= 15 is 0 Å². The molecule has 2 rings (SSSR count). The molecule has 0 aliphatic carbocycles. The van der Waals surface area contributed by atoms with Crippen LogP contribution in [0, 0.1) is 6.92 Å². The fourth-order valence-corrected chi connectivity index (χ4v) is 2.29. The topological polar surface area (TPSA) is 73.9 Å². The van der Waals surface area contributed by atoms with Gasteiger partial charge in [-0.05, 0) is 32.4 Å². The van der Waals surface area contributed by atoms with E-state index in [0.29, 0.717) is 13.1 Å². The zero-order valence-electron chi connectivity index (χ0n) is 14.0. The number of carbonyl (C=O) groups excluding carboxylic acids is 1. The molecule has 2 aromatic heterocycles. The molecule has 124 valence electrons. The lowest BCUT2D eigenvalue weighted by Crippen LogP contribution is -2.41. The SMILES string of the molecule is CCCCN(Cc1ccccn1)C(=O)N[C@H](C)c1ncc(C)[nH]1. The number of unbranched alkanes of at least 4 members (excludes halogenated alkanes) is 1. The summed E-state index contributed by atoms with van der Waals surface area (Å²) in [6.07, 6.45) is 5.52. The van der Waals surface area contributed by atoms with Crippen LogP contribution in [-0.2, 0) is 6.54 Å². The summed E-state index contributed by atoms with van der Waals surface area (Å²) in [4.78, 5) is 26.1. The van der Waals surface area contributed by atoms with Crippen molar-refractivity contribution in [1.82, 2.24) is 25.2 Å². The van der Waals surface area contributed by atoms with Crippen LogP contribution in [0.2, 0.25) is 0 Å². The highest BCUT2D eigenvalue weighted by Crippen LogP contribution is 2.10. The number of nitrogens with zero attached hydrogens (tertiary/aromatic N) is 3. The van der Waals surface area contributed by atoms with E-state index in [9.17, 15) is 4.79 Å². The van der Waals surface area contributed by atoms with Gasteiger partial charge in [-0.2, -0.15) is 0 Å². The van der Waals surface area contributed by atoms with Gasteiger partial charge in [-0.1, -0.05) is 19.4 Å². The average molecular weight is 315 g/mol. The van der Waals surface area contributed by atoms with Crippen LogP contribution < -0.4 is 5.32 Å². The molecule has 0 aromatic carbocycles. The van der Waals surface area contributed by atoms with Crippen LogP contribution in [0.5, 0.6) is 0 Å². The van der Waals surface area contributed by atoms with Gasteiger partial charge in [0.1, 0.15) is 5.82 Å². The molecule has 0 unspecified atom stereocenters. The van der Waals surface area contributed by atoms with E-state index in [0.717, 1.165) is 30.1 Å². The highest BCUT2D eigenvalue weighted by molar-refractivity contribution is 5.74. The van der Waals surface area contributed by atoms with Crippen LogP contribution in [0.25, 0.3) is 0 Å². The number of pyridine rings is 1. The quantitative estimate of drug-likeness (QED) is 0.824. The fourth-order valence-electron chi connectivity index (χ4n) is 2.29. The fraction of sp³-hybridized carbons (Fsp3) is 0.471. The lowest BCUT2D eigenvalue weighted by molar-refractivity contribution is 0.190. The molecule has 2 heterocycles. The van der Waals surface area contributed by atoms with Gasteiger partial charge in [0, 0.05) is 24.6 Å². The minimum atomic E-state index is -0.163. The molecule has 0 bridgehead atoms. The molecule has 0 aliphatic rings. The van der Waals surface area contributed by atoms with E-state index in [1.807, 2.05) is 32.0 Å². The Balaban J connectivity index is 2.00. The normalized spacial score (nSPS) is 12.0. The summed E-state index contributed by atoms with van der Waals surface area (Å²) in [6.45, 7) is 7.21. The summed E-state index contributed by atoms with van der Waals surface area (Å²) in [6, 6.07) is 5.49. The zero-order chi connectivity index (χ0) is 16.7. The van der Waals surface area contributed by atoms with Crippen LogP contribution >= 0.6 is 0 Å². The third-order valence-electron chi connectivity index (χ3n) is 3.62. The second-order valence-electron chi connectivity index (χ2n) is 5.72. The van der Waals surface area contributed by atoms with Gasteiger partial charge in [-0.25, -0.2) is 9.78 Å². The number of aromatic amines is 1. The second-order valence-corrected chi connectivity index (χ2v) is 5.72. The average Bonchev–Trinajstić information content (AvgIpc) is 2.99. The minimum Gasteiger partial charge on any atom is -0.344 e. The molecule has 0 fully saturated rings. The zero-order valence-corrected chi connectivity index (χ0v) is 14.0. The highest BCUT2D eigenvalue weighted by Gasteiger charge is 2.18. The lowest BCUT2D eigenvalue weighted by Gasteiger charge is -2.24. The Kier molecular flexibility index (Phi) is 6.14. The maximum atomic E-state index is 12.6. The van der Waals surface area contributed by atoms with Crippen LogP contribution in [0.15, 0.2) is 30.6 Å². The molecular formula is C17H25N5O. The molecule has 0 aliphatic heterocycles. The van der Waals surface area contributed by atoms with Crippen molar-refractivity contribution < 1.29 is 4.79 Å². The molecule has 6 nitrogen and oxygen atoms in total. The number of aromatic nitrogens is 3. The molecule has 6 heteroatoms. The predicted molar refractivity (Wildman–Crippen MR) is 89.8 cm³/mol. The van der Waals surface area contributed by atoms with E-state index in [2.05, 4.69) is 27.2 Å². The van der Waals surface area contributed by atoms with Gasteiger partial charge in [0.2, 0.25) is 0 Å². The summed E-state index contributed by atoms with van der Waals surface area (Å²) >= 11 is 0. The van der Waals surface area contributed by atoms with Crippen molar-refractivity contribution in [3.05, 3.63) is 47.8 Å². The van der Waals surface area contributed by atoms with Gasteiger partial charge >= 0.3 is 6.03 Å². The van der Waals surface area contributed by atoms with E-state index in [4.69, 9.17) is 0 Å². The molecule has 0 spiro atoms. The third-order valence-corrected chi connectivity index (χ3v) is 3.62. The van der Waals surface area contributed by atoms with Crippen molar-refractivity contribution in [1.29, 1.82) is 0 Å². The minimum absolute atomic E-state index is 0.0920. The molecule has 2 N–H and O–H groups in total. The number of urea groups is 1. The smallest absolute Gasteiger partial charge is 0.318 e. The van der Waals surface area contributed by atoms with Gasteiger partial charge in [0.15, 0.2) is 0 Å². The number of amides is 2. The van der Waals surface area contributed by atoms with E-state index < -0.39 is 0 Å². The Bertz CT molecular complexity index is 610. The second kappa shape index (κ2) is 8.31. The van der Waals surface area contributed by atoms with Crippen LogP contribution in [0.4, 0.5) is 4.79 Å². The number of rotatable bonds is 7. The summed E-state index contributed by atoms with van der Waals surface area (Å²) in [5, 5.41) is 3.00. The highest BCUT2D eigenvalue weighted by atomic mass is 16.2. The maximum Gasteiger partial charge on any atom is 0.318 e. The van der Waals surface area contributed by atoms with Crippen molar-refractivity contribution >= 4 is 6.03 Å². The van der Waals surface area contributed by atoms with Crippen molar-refractivity contribution in [3.8, 4) is 0 Å². The van der Waals surface area contributed by atoms with Gasteiger partial charge in [0.25, 0.3) is 0 Å². The van der Waals surface area contributed by atoms with Crippen molar-refractivity contribution in [2.24, 2.45) is 0 Å². The molecule has 0 saturated carbocycles. The van der Waals surface area contributed by atoms with Gasteiger partial charge in [-0.3, -0.25) is 4.98 Å². The molecule has 1 atom stereocenters. The van der Waals surface area contributed by atoms with Gasteiger partial charge in [-0.15, -0.1) is 0 Å². The Morgan fingerprint density at radius 2 is 2.22 bits per heavy atom. The largest absolute Gasteiger partial charge is 0.344 e. The summed E-state index contributed by atoms with van der Waals surface area (Å²) in [5.41, 5.74) is 1.87. The number of H-pyrrole nitrogens is 1. The number of hydrogen-bond acceptors (Lipinski definition) is 3. The monoisotopic (exact) mass is 315 g/mol. The van der Waals surface area contributed by atoms with Gasteiger partial charge in [0.05, 0.1) is 18.3 Å². The van der Waals surface area contributed by atoms with E-state index in [-0.39, 0.29) is 12.1 Å². The summed E-state index contributed by atoms with van der Waals surface area (Å²) in [5.74, 6) is 0.768. The Hall–Kier alpha value is -2.37. The molecule has 0 saturated heterocycles. The van der Waals surface area contributed by atoms with E-state index in [1.165, 1.54) is 0 Å². The molecule has 0 radical (unpaired) electrons. The van der Waals surface area contributed by atoms with E-state index in [1.54, 1.807) is 17.3 Å². The first-order chi connectivity index (χ1) is 11.1. The van der Waals surface area contributed by atoms with Crippen molar-refractivity contribution in [2.75, 3.05) is 6.54 Å². The number of imidazole rings is 1. The lowest BCUT2D eigenvalue weighted by atomic mass is 10.2. The molecule has 23 heavy (non-hydrogen) atoms. The molecular weight excluding hydrogens is 290 g/mol. The number of hydrogen-bond donors (Lipinski definition) is 2. The maximum absolute atomic E-state index is 12.6. The summed E-state index contributed by atoms with van der Waals surface area (Å²) in [7, 11) is 0. The Labute approximate surface area is 137 Å². The number of nitrogens with one attached hydrogen (secondary N) is 2. The van der Waals surface area contributed by atoms with Crippen molar-refractivity contribution in [2.45, 2.75) is 46.2 Å². The van der Waals surface area contributed by atoms with Gasteiger partial charge < -0.3 is 15.2 Å². The standard InChI is InChI=1S/C17H25N5O/c1-4-5-10-22(12-15-8-6-7-9-18-15)17(23)21-14(3)16-19-11-13(2)20-16/h6-9,11,14H,4-5,10,12H2,1-3H3,(H,19,20)(H,21,23)/t14-/m1/s1. The first kappa shape index (κ1) is 17.0. The van der Waals surface area contributed by atoms with Crippen LogP contribution in [0.3, 0.4) is 0 Å². The van der Waals surface area contributed by atoms with Crippen LogP contribution in [0.1, 0.15) is 49.9 Å². The van der Waals surface area contributed by atoms with Crippen LogP contribution in [-0.4, -0.2) is 32.4 Å². The summed E-state index contributed by atoms with van der Waals surface area (Å²) < 4.78 is 0. The number of aryl methyl sites for hydroxylation is 1. The predicted octanol–water partition coefficient (Wildman–Crippen LogP) is 3.19. The Morgan fingerprint density at radius 3 is 2.83 bits per heavy atom. The Morgan fingerprint density at radius 1 is 1.39 bits per heavy atom. The molecule has 2 aromatic rings.